The molecule has 2 aromatic rings. The number of sulfonamides is 1. The molecule has 1 aromatic carbocycles. The van der Waals surface area contributed by atoms with Crippen molar-refractivity contribution >= 4 is 16.3 Å². The summed E-state index contributed by atoms with van der Waals surface area (Å²) in [5.41, 5.74) is -0.484. The molecule has 3 aliphatic heterocycles. The van der Waals surface area contributed by atoms with Crippen LogP contribution in [-0.2, 0) is 31.3 Å². The number of alkyl halides is 3. The van der Waals surface area contributed by atoms with Gasteiger partial charge in [0.15, 0.2) is 0 Å². The van der Waals surface area contributed by atoms with Crippen molar-refractivity contribution < 1.29 is 31.1 Å². The minimum Gasteiger partial charge on any atom is -0.370 e. The smallest absolute Gasteiger partial charge is 0.370 e. The Kier molecular flexibility index (Phi) is 11.3. The number of aromatic nitrogens is 1. The summed E-state index contributed by atoms with van der Waals surface area (Å²) in [4.78, 5) is 21.0. The number of carbonyl (C=O) groups excluding carboxylic acids is 1. The van der Waals surface area contributed by atoms with Gasteiger partial charge in [0, 0.05) is 56.8 Å². The fraction of sp³-hybridized carbons (Fsp3) is 0.636. The van der Waals surface area contributed by atoms with Crippen LogP contribution >= 0.6 is 0 Å². The Labute approximate surface area is 265 Å². The van der Waals surface area contributed by atoms with Gasteiger partial charge in [-0.25, -0.2) is 8.42 Å². The lowest BCUT2D eigenvalue weighted by atomic mass is 9.84. The Balaban J connectivity index is 1.24. The second kappa shape index (κ2) is 15.0. The van der Waals surface area contributed by atoms with E-state index in [1.54, 1.807) is 6.20 Å². The van der Waals surface area contributed by atoms with Crippen molar-refractivity contribution in [3.05, 3.63) is 59.9 Å². The van der Waals surface area contributed by atoms with Crippen LogP contribution in [0.1, 0.15) is 75.3 Å². The average molecular weight is 651 g/mol. The standard InChI is InChI=1S/C33H45F3N4O4S/c34-33(35,36)27-9-6-12-31(23-27)45(42,43)40-19-5-2-11-29(40)24-30(26-41)39-20-13-32(14-21-39,28-10-7-15-37-25-28)44-22-8-18-38-16-3-1-4-17-38/h6-7,9-10,12,15,23,25-26,29-30H,1-5,8,11,13-14,16-22,24H2. The zero-order valence-electron chi connectivity index (χ0n) is 25.8. The van der Waals surface area contributed by atoms with Crippen molar-refractivity contribution in [2.45, 2.75) is 93.0 Å². The van der Waals surface area contributed by atoms with Crippen molar-refractivity contribution in [2.24, 2.45) is 0 Å². The molecule has 1 aromatic heterocycles. The Hall–Kier alpha value is -2.38. The third-order valence-electron chi connectivity index (χ3n) is 9.72. The van der Waals surface area contributed by atoms with Gasteiger partial charge >= 0.3 is 6.18 Å². The Morgan fingerprint density at radius 1 is 1.00 bits per heavy atom. The maximum absolute atomic E-state index is 13.6. The Morgan fingerprint density at radius 2 is 1.76 bits per heavy atom. The molecule has 0 aliphatic carbocycles. The number of piperidine rings is 3. The van der Waals surface area contributed by atoms with Gasteiger partial charge in [0.2, 0.25) is 10.0 Å². The van der Waals surface area contributed by atoms with Gasteiger partial charge in [-0.1, -0.05) is 25.0 Å². The average Bonchev–Trinajstić information content (AvgIpc) is 3.07. The van der Waals surface area contributed by atoms with Crippen LogP contribution in [0, 0.1) is 0 Å². The highest BCUT2D eigenvalue weighted by molar-refractivity contribution is 7.89. The molecule has 4 heterocycles. The van der Waals surface area contributed by atoms with Crippen LogP contribution in [-0.4, -0.2) is 91.8 Å². The van der Waals surface area contributed by atoms with Gasteiger partial charge in [0.05, 0.1) is 22.1 Å². The van der Waals surface area contributed by atoms with Crippen molar-refractivity contribution in [1.82, 2.24) is 19.1 Å². The van der Waals surface area contributed by atoms with E-state index in [9.17, 15) is 26.4 Å². The number of likely N-dealkylation sites (tertiary alicyclic amines) is 2. The zero-order chi connectivity index (χ0) is 31.9. The van der Waals surface area contributed by atoms with Gasteiger partial charge in [-0.2, -0.15) is 17.5 Å². The minimum absolute atomic E-state index is 0.213. The van der Waals surface area contributed by atoms with Gasteiger partial charge in [-0.3, -0.25) is 9.88 Å². The highest BCUT2D eigenvalue weighted by atomic mass is 32.2. The van der Waals surface area contributed by atoms with E-state index in [2.05, 4.69) is 14.8 Å². The van der Waals surface area contributed by atoms with Crippen molar-refractivity contribution in [3.8, 4) is 0 Å². The van der Waals surface area contributed by atoms with E-state index >= 15 is 0 Å². The molecule has 248 valence electrons. The molecule has 5 rings (SSSR count). The number of pyridine rings is 1. The minimum atomic E-state index is -4.65. The predicted molar refractivity (Wildman–Crippen MR) is 165 cm³/mol. The second-order valence-corrected chi connectivity index (χ2v) is 14.5. The van der Waals surface area contributed by atoms with Crippen LogP contribution < -0.4 is 0 Å². The number of carbonyl (C=O) groups is 1. The number of benzene rings is 1. The summed E-state index contributed by atoms with van der Waals surface area (Å²) in [6, 6.07) is 6.87. The Bertz CT molecular complexity index is 1350. The molecular formula is C33H45F3N4O4S. The van der Waals surface area contributed by atoms with Gasteiger partial charge in [-0.05, 0) is 88.7 Å². The highest BCUT2D eigenvalue weighted by Crippen LogP contribution is 2.38. The number of hydrogen-bond donors (Lipinski definition) is 0. The molecule has 3 fully saturated rings. The first-order chi connectivity index (χ1) is 21.6. The van der Waals surface area contributed by atoms with Crippen molar-refractivity contribution in [2.75, 3.05) is 45.9 Å². The van der Waals surface area contributed by atoms with Gasteiger partial charge in [0.25, 0.3) is 0 Å². The number of rotatable bonds is 12. The lowest BCUT2D eigenvalue weighted by Gasteiger charge is -2.45. The molecule has 8 nitrogen and oxygen atoms in total. The number of aldehydes is 1. The molecule has 2 atom stereocenters. The quantitative estimate of drug-likeness (QED) is 0.222. The van der Waals surface area contributed by atoms with E-state index in [1.807, 2.05) is 18.3 Å². The number of hydrogen-bond acceptors (Lipinski definition) is 7. The van der Waals surface area contributed by atoms with Crippen LogP contribution in [0.3, 0.4) is 0 Å². The molecule has 0 bridgehead atoms. The monoisotopic (exact) mass is 650 g/mol. The van der Waals surface area contributed by atoms with E-state index in [1.165, 1.54) is 29.6 Å². The first-order valence-electron chi connectivity index (χ1n) is 16.3. The molecular weight excluding hydrogens is 605 g/mol. The van der Waals surface area contributed by atoms with E-state index in [-0.39, 0.29) is 17.9 Å². The van der Waals surface area contributed by atoms with Crippen LogP contribution in [0.2, 0.25) is 0 Å². The summed E-state index contributed by atoms with van der Waals surface area (Å²) >= 11 is 0. The maximum Gasteiger partial charge on any atom is 0.416 e. The van der Waals surface area contributed by atoms with Crippen molar-refractivity contribution in [3.63, 3.8) is 0 Å². The summed E-state index contributed by atoms with van der Waals surface area (Å²) in [5, 5.41) is 0. The van der Waals surface area contributed by atoms with Crippen molar-refractivity contribution in [1.29, 1.82) is 0 Å². The SMILES string of the molecule is O=CC(CC1CCCCN1S(=O)(=O)c1cccc(C(F)(F)F)c1)N1CCC(OCCCN2CCCCC2)(c2cccnc2)CC1. The van der Waals surface area contributed by atoms with E-state index < -0.39 is 39.4 Å². The summed E-state index contributed by atoms with van der Waals surface area (Å²) < 4.78 is 75.3. The normalized spacial score (nSPS) is 23.0. The Morgan fingerprint density at radius 3 is 2.44 bits per heavy atom. The number of halogens is 3. The summed E-state index contributed by atoms with van der Waals surface area (Å²) in [7, 11) is -4.19. The lowest BCUT2D eigenvalue weighted by Crippen LogP contribution is -2.52. The van der Waals surface area contributed by atoms with Crippen LogP contribution in [0.4, 0.5) is 13.2 Å². The van der Waals surface area contributed by atoms with Gasteiger partial charge in [0.1, 0.15) is 6.29 Å². The van der Waals surface area contributed by atoms with E-state index in [0.29, 0.717) is 51.4 Å². The van der Waals surface area contributed by atoms with Gasteiger partial charge in [-0.15, -0.1) is 0 Å². The van der Waals surface area contributed by atoms with Crippen LogP contribution in [0.5, 0.6) is 0 Å². The number of ether oxygens (including phenoxy) is 1. The molecule has 0 saturated carbocycles. The molecule has 0 radical (unpaired) electrons. The summed E-state index contributed by atoms with van der Waals surface area (Å²) in [6.45, 7) is 5.35. The maximum atomic E-state index is 13.6. The van der Waals surface area contributed by atoms with E-state index in [4.69, 9.17) is 4.74 Å². The molecule has 0 amide bonds. The number of nitrogens with zero attached hydrogens (tertiary/aromatic N) is 4. The fourth-order valence-corrected chi connectivity index (χ4v) is 8.92. The second-order valence-electron chi connectivity index (χ2n) is 12.6. The summed E-state index contributed by atoms with van der Waals surface area (Å²) in [5.74, 6) is 0. The summed E-state index contributed by atoms with van der Waals surface area (Å²) in [6.07, 6.45) is 8.19. The van der Waals surface area contributed by atoms with E-state index in [0.717, 1.165) is 56.5 Å². The first-order valence-corrected chi connectivity index (χ1v) is 17.7. The molecule has 12 heteroatoms. The lowest BCUT2D eigenvalue weighted by molar-refractivity contribution is -0.137. The molecule has 3 saturated heterocycles. The van der Waals surface area contributed by atoms with Crippen LogP contribution in [0.15, 0.2) is 53.7 Å². The molecule has 2 unspecified atom stereocenters. The topological polar surface area (TPSA) is 83.0 Å². The van der Waals surface area contributed by atoms with Gasteiger partial charge < -0.3 is 14.4 Å². The molecule has 0 spiro atoms. The van der Waals surface area contributed by atoms with Crippen LogP contribution in [0.25, 0.3) is 0 Å². The predicted octanol–water partition coefficient (Wildman–Crippen LogP) is 5.49. The third-order valence-corrected chi connectivity index (χ3v) is 11.7. The first kappa shape index (κ1) is 34.0. The largest absolute Gasteiger partial charge is 0.416 e. The fourth-order valence-electron chi connectivity index (χ4n) is 7.17. The zero-order valence-corrected chi connectivity index (χ0v) is 26.7. The highest BCUT2D eigenvalue weighted by Gasteiger charge is 2.41. The molecule has 3 aliphatic rings. The third kappa shape index (κ3) is 8.32. The molecule has 45 heavy (non-hydrogen) atoms. The molecule has 0 N–H and O–H groups in total.